The Morgan fingerprint density at radius 1 is 0.588 bits per heavy atom. The van der Waals surface area contributed by atoms with Gasteiger partial charge in [0.1, 0.15) is 0 Å². The Bertz CT molecular complexity index is 2120. The lowest BCUT2D eigenvalue weighted by molar-refractivity contribution is -0.139. The molecule has 2 saturated heterocycles. The number of aromatic nitrogens is 4. The molecule has 6 aliphatic rings. The number of hydrogen-bond donors (Lipinski definition) is 2. The Balaban J connectivity index is 0.000000170. The summed E-state index contributed by atoms with van der Waals surface area (Å²) >= 11 is 0. The molecule has 2 saturated carbocycles. The van der Waals surface area contributed by atoms with Crippen molar-refractivity contribution >= 4 is 11.8 Å². The van der Waals surface area contributed by atoms with E-state index in [0.29, 0.717) is 36.9 Å². The minimum Gasteiger partial charge on any atom is -0.373 e. The number of nitrogens with one attached hydrogen (secondary N) is 2. The summed E-state index contributed by atoms with van der Waals surface area (Å²) in [6.07, 6.45) is 10.2. The molecule has 14 heteroatoms. The maximum atomic E-state index is 13.5. The van der Waals surface area contributed by atoms with Crippen LogP contribution < -0.4 is 10.6 Å². The van der Waals surface area contributed by atoms with E-state index in [4.69, 9.17) is 19.7 Å². The molecule has 2 aromatic heterocycles. The molecule has 2 aromatic carbocycles. The van der Waals surface area contributed by atoms with Crippen molar-refractivity contribution in [2.24, 2.45) is 10.8 Å². The van der Waals surface area contributed by atoms with Gasteiger partial charge in [0.2, 0.25) is 11.8 Å². The standard InChI is InChI=1S/2C27H39N5O2/c2*1-28-13-15-30(2)19-23-25(24-20-34-17-16-32(24)29-23)22-8-10-27(11-9-22)12-14-31(26(27)33)18-21-6-4-3-5-7-21/h2*3-7,22,28H,8-20H2,1-2H3. The van der Waals surface area contributed by atoms with Gasteiger partial charge >= 0.3 is 0 Å². The predicted octanol–water partition coefficient (Wildman–Crippen LogP) is 6.28. The number of nitrogens with zero attached hydrogens (tertiary/aromatic N) is 8. The van der Waals surface area contributed by atoms with E-state index in [1.165, 1.54) is 45.0 Å². The van der Waals surface area contributed by atoms with Crippen molar-refractivity contribution in [2.45, 2.75) is 129 Å². The van der Waals surface area contributed by atoms with Gasteiger partial charge in [0.15, 0.2) is 0 Å². The number of fused-ring (bicyclic) bond motifs is 2. The van der Waals surface area contributed by atoms with E-state index in [-0.39, 0.29) is 10.8 Å². The molecular weight excluding hydrogens is 853 g/mol. The minimum absolute atomic E-state index is 0.154. The van der Waals surface area contributed by atoms with Gasteiger partial charge < -0.3 is 29.9 Å². The lowest BCUT2D eigenvalue weighted by Crippen LogP contribution is -2.37. The number of ether oxygens (including phenoxy) is 2. The molecule has 368 valence electrons. The van der Waals surface area contributed by atoms with Crippen molar-refractivity contribution < 1.29 is 19.1 Å². The minimum atomic E-state index is -0.154. The van der Waals surface area contributed by atoms with Crippen LogP contribution in [0.15, 0.2) is 60.7 Å². The first kappa shape index (κ1) is 48.6. The highest BCUT2D eigenvalue weighted by atomic mass is 16.5. The fourth-order valence-electron chi connectivity index (χ4n) is 12.4. The van der Waals surface area contributed by atoms with Gasteiger partial charge in [-0.25, -0.2) is 0 Å². The molecule has 0 atom stereocenters. The molecule has 0 unspecified atom stereocenters. The monoisotopic (exact) mass is 931 g/mol. The first-order valence-electron chi connectivity index (χ1n) is 25.8. The lowest BCUT2D eigenvalue weighted by Gasteiger charge is -2.36. The molecule has 0 radical (unpaired) electrons. The van der Waals surface area contributed by atoms with Crippen LogP contribution in [0.4, 0.5) is 0 Å². The SMILES string of the molecule is CNCCN(C)Cc1nn2c(c1C1CCC3(CC1)CCN(Cc1ccccc1)C3=O)COCC2.CNCCN(C)Cc1nn2c(c1C1CCC3(CC1)CCN(Cc1ccccc1)C3=O)COCC2. The highest BCUT2D eigenvalue weighted by Gasteiger charge is 2.50. The van der Waals surface area contributed by atoms with Crippen molar-refractivity contribution in [3.05, 3.63) is 106 Å². The fraction of sp³-hybridized carbons (Fsp3) is 0.630. The maximum Gasteiger partial charge on any atom is 0.229 e. The summed E-state index contributed by atoms with van der Waals surface area (Å²) in [4.78, 5) is 35.9. The van der Waals surface area contributed by atoms with Gasteiger partial charge in [-0.1, -0.05) is 60.7 Å². The second kappa shape index (κ2) is 22.1. The number of likely N-dealkylation sites (N-methyl/N-ethyl adjacent to an activating group) is 4. The van der Waals surface area contributed by atoms with Gasteiger partial charge in [-0.3, -0.25) is 28.8 Å². The van der Waals surface area contributed by atoms with Crippen LogP contribution in [0.2, 0.25) is 0 Å². The zero-order chi connectivity index (χ0) is 47.1. The van der Waals surface area contributed by atoms with Crippen molar-refractivity contribution in [3.8, 4) is 0 Å². The number of benzene rings is 2. The van der Waals surface area contributed by atoms with E-state index in [2.05, 4.69) is 102 Å². The molecule has 4 fully saturated rings. The van der Waals surface area contributed by atoms with Crippen molar-refractivity contribution in [1.82, 2.24) is 49.8 Å². The topological polar surface area (TPSA) is 125 Å². The summed E-state index contributed by atoms with van der Waals surface area (Å²) in [5.41, 5.74) is 9.93. The highest BCUT2D eigenvalue weighted by Crippen LogP contribution is 2.52. The van der Waals surface area contributed by atoms with Gasteiger partial charge in [0.05, 0.1) is 73.1 Å². The van der Waals surface area contributed by atoms with Crippen molar-refractivity contribution in [1.29, 1.82) is 0 Å². The van der Waals surface area contributed by atoms with Gasteiger partial charge in [-0.2, -0.15) is 10.2 Å². The molecule has 4 aliphatic heterocycles. The second-order valence-electron chi connectivity index (χ2n) is 20.9. The molecule has 2 spiro atoms. The Morgan fingerprint density at radius 2 is 0.985 bits per heavy atom. The van der Waals surface area contributed by atoms with Crippen LogP contribution in [0.5, 0.6) is 0 Å². The van der Waals surface area contributed by atoms with E-state index in [9.17, 15) is 9.59 Å². The highest BCUT2D eigenvalue weighted by molar-refractivity contribution is 5.85. The van der Waals surface area contributed by atoms with Crippen LogP contribution in [0, 0.1) is 10.8 Å². The van der Waals surface area contributed by atoms with E-state index < -0.39 is 0 Å². The molecule has 14 nitrogen and oxygen atoms in total. The maximum absolute atomic E-state index is 13.5. The number of amides is 2. The van der Waals surface area contributed by atoms with Crippen LogP contribution >= 0.6 is 0 Å². The smallest absolute Gasteiger partial charge is 0.229 e. The normalized spacial score (nSPS) is 24.9. The van der Waals surface area contributed by atoms with Gasteiger partial charge in [-0.05, 0) is 115 Å². The van der Waals surface area contributed by atoms with Crippen LogP contribution in [0.1, 0.15) is 121 Å². The molecule has 2 N–H and O–H groups in total. The lowest BCUT2D eigenvalue weighted by atomic mass is 9.67. The van der Waals surface area contributed by atoms with Gasteiger partial charge in [0.25, 0.3) is 0 Å². The first-order valence-corrected chi connectivity index (χ1v) is 25.8. The second-order valence-corrected chi connectivity index (χ2v) is 20.9. The average molecular weight is 931 g/mol. The summed E-state index contributed by atoms with van der Waals surface area (Å²) in [5, 5.41) is 16.6. The van der Waals surface area contributed by atoms with E-state index in [0.717, 1.165) is 156 Å². The summed E-state index contributed by atoms with van der Waals surface area (Å²) in [6.45, 7) is 13.4. The van der Waals surface area contributed by atoms with Gasteiger partial charge in [-0.15, -0.1) is 0 Å². The third-order valence-electron chi connectivity index (χ3n) is 16.4. The molecule has 2 amide bonds. The van der Waals surface area contributed by atoms with Gasteiger partial charge in [0, 0.05) is 76.6 Å². The first-order chi connectivity index (χ1) is 33.2. The predicted molar refractivity (Wildman–Crippen MR) is 265 cm³/mol. The largest absolute Gasteiger partial charge is 0.373 e. The van der Waals surface area contributed by atoms with Crippen molar-refractivity contribution in [2.75, 3.05) is 80.7 Å². The third-order valence-corrected chi connectivity index (χ3v) is 16.4. The Hall–Kier alpha value is -4.44. The third kappa shape index (κ3) is 10.7. The zero-order valence-corrected chi connectivity index (χ0v) is 41.5. The van der Waals surface area contributed by atoms with Crippen LogP contribution in [0.3, 0.4) is 0 Å². The molecule has 0 bridgehead atoms. The molecule has 68 heavy (non-hydrogen) atoms. The molecule has 10 rings (SSSR count). The van der Waals surface area contributed by atoms with Crippen LogP contribution in [-0.4, -0.2) is 132 Å². The number of carbonyl (C=O) groups excluding carboxylic acids is 2. The van der Waals surface area contributed by atoms with Crippen molar-refractivity contribution in [3.63, 3.8) is 0 Å². The molecule has 4 aromatic rings. The fourth-order valence-corrected chi connectivity index (χ4v) is 12.4. The Kier molecular flexibility index (Phi) is 15.8. The Labute approximate surface area is 405 Å². The van der Waals surface area contributed by atoms with E-state index >= 15 is 0 Å². The van der Waals surface area contributed by atoms with Crippen LogP contribution in [0.25, 0.3) is 0 Å². The molecule has 2 aliphatic carbocycles. The summed E-state index contributed by atoms with van der Waals surface area (Å²) in [7, 11) is 8.33. The Morgan fingerprint density at radius 3 is 1.37 bits per heavy atom. The summed E-state index contributed by atoms with van der Waals surface area (Å²) in [5.74, 6) is 1.70. The summed E-state index contributed by atoms with van der Waals surface area (Å²) < 4.78 is 16.1. The number of carbonyl (C=O) groups is 2. The van der Waals surface area contributed by atoms with E-state index in [1.54, 1.807) is 0 Å². The van der Waals surface area contributed by atoms with Crippen LogP contribution in [-0.2, 0) is 71.5 Å². The zero-order valence-electron chi connectivity index (χ0n) is 41.5. The number of rotatable bonds is 16. The average Bonchev–Trinajstić information content (AvgIpc) is 4.09. The molecular formula is C54H78N10O4. The summed E-state index contributed by atoms with van der Waals surface area (Å²) in [6, 6.07) is 20.8. The number of likely N-dealkylation sites (tertiary alicyclic amines) is 2. The quantitative estimate of drug-likeness (QED) is 0.133. The van der Waals surface area contributed by atoms with E-state index in [1.807, 2.05) is 26.2 Å². The molecule has 6 heterocycles. The number of hydrogen-bond acceptors (Lipinski definition) is 10.